The Balaban J connectivity index is 2.56. The smallest absolute Gasteiger partial charge is 0.252 e. The van der Waals surface area contributed by atoms with Gasteiger partial charge in [0.05, 0.1) is 24.0 Å². The van der Waals surface area contributed by atoms with Crippen molar-refractivity contribution in [3.05, 3.63) is 23.2 Å². The number of rotatable bonds is 2. The molecule has 0 bridgehead atoms. The van der Waals surface area contributed by atoms with Gasteiger partial charge in [-0.05, 0) is 0 Å². The van der Waals surface area contributed by atoms with Gasteiger partial charge in [0.1, 0.15) is 0 Å². The molecular formula is C7H6ClN5O. The van der Waals surface area contributed by atoms with Crippen LogP contribution in [0.4, 0.5) is 0 Å². The van der Waals surface area contributed by atoms with Crippen LogP contribution in [0.15, 0.2) is 12.4 Å². The number of nitrogens with two attached hydrogens (primary N) is 1. The lowest BCUT2D eigenvalue weighted by Gasteiger charge is -1.88. The number of halogens is 1. The SMILES string of the molecule is NCC(=O)c1nc2ncc(Cl)cn2n1. The van der Waals surface area contributed by atoms with Gasteiger partial charge in [0, 0.05) is 0 Å². The summed E-state index contributed by atoms with van der Waals surface area (Å²) >= 11 is 5.68. The van der Waals surface area contributed by atoms with Crippen LogP contribution in [-0.2, 0) is 0 Å². The second-order valence-corrected chi connectivity index (χ2v) is 3.02. The molecule has 2 rings (SSSR count). The molecule has 0 amide bonds. The Kier molecular flexibility index (Phi) is 2.14. The molecule has 72 valence electrons. The second-order valence-electron chi connectivity index (χ2n) is 2.58. The molecular weight excluding hydrogens is 206 g/mol. The van der Waals surface area contributed by atoms with Gasteiger partial charge in [-0.1, -0.05) is 11.6 Å². The minimum atomic E-state index is -0.327. The van der Waals surface area contributed by atoms with E-state index in [0.29, 0.717) is 10.8 Å². The molecule has 0 saturated carbocycles. The zero-order valence-electron chi connectivity index (χ0n) is 7.01. The highest BCUT2D eigenvalue weighted by atomic mass is 35.5. The quantitative estimate of drug-likeness (QED) is 0.702. The normalized spacial score (nSPS) is 10.7. The summed E-state index contributed by atoms with van der Waals surface area (Å²) in [5, 5.41) is 4.30. The fraction of sp³-hybridized carbons (Fsp3) is 0.143. The number of carbonyl (C=O) groups is 1. The highest BCUT2D eigenvalue weighted by molar-refractivity contribution is 6.30. The molecule has 14 heavy (non-hydrogen) atoms. The molecule has 0 fully saturated rings. The van der Waals surface area contributed by atoms with E-state index >= 15 is 0 Å². The maximum Gasteiger partial charge on any atom is 0.252 e. The summed E-state index contributed by atoms with van der Waals surface area (Å²) in [6, 6.07) is 0. The molecule has 0 aliphatic carbocycles. The molecule has 2 N–H and O–H groups in total. The van der Waals surface area contributed by atoms with Gasteiger partial charge >= 0.3 is 0 Å². The van der Waals surface area contributed by atoms with Gasteiger partial charge in [0.2, 0.25) is 11.6 Å². The molecule has 0 radical (unpaired) electrons. The van der Waals surface area contributed by atoms with Crippen molar-refractivity contribution >= 4 is 23.2 Å². The van der Waals surface area contributed by atoms with Crippen molar-refractivity contribution in [2.75, 3.05) is 6.54 Å². The predicted molar refractivity (Wildman–Crippen MR) is 49.2 cm³/mol. The summed E-state index contributed by atoms with van der Waals surface area (Å²) in [5.41, 5.74) is 5.17. The molecule has 0 spiro atoms. The molecule has 0 aromatic carbocycles. The highest BCUT2D eigenvalue weighted by Crippen LogP contribution is 2.06. The van der Waals surface area contributed by atoms with E-state index in [1.165, 1.54) is 16.9 Å². The van der Waals surface area contributed by atoms with Gasteiger partial charge in [0.15, 0.2) is 0 Å². The van der Waals surface area contributed by atoms with E-state index in [2.05, 4.69) is 15.1 Å². The third-order valence-electron chi connectivity index (χ3n) is 1.60. The number of aromatic nitrogens is 4. The highest BCUT2D eigenvalue weighted by Gasteiger charge is 2.11. The van der Waals surface area contributed by atoms with E-state index in [4.69, 9.17) is 17.3 Å². The third kappa shape index (κ3) is 1.45. The van der Waals surface area contributed by atoms with Crippen LogP contribution in [0, 0.1) is 0 Å². The summed E-state index contributed by atoms with van der Waals surface area (Å²) in [7, 11) is 0. The van der Waals surface area contributed by atoms with E-state index in [1.54, 1.807) is 0 Å². The van der Waals surface area contributed by atoms with E-state index in [0.717, 1.165) is 0 Å². The lowest BCUT2D eigenvalue weighted by molar-refractivity contribution is 0.0992. The van der Waals surface area contributed by atoms with Crippen molar-refractivity contribution in [2.24, 2.45) is 5.73 Å². The molecule has 0 atom stereocenters. The van der Waals surface area contributed by atoms with Crippen molar-refractivity contribution in [3.63, 3.8) is 0 Å². The zero-order chi connectivity index (χ0) is 10.1. The van der Waals surface area contributed by atoms with Gasteiger partial charge in [-0.3, -0.25) is 4.79 Å². The first-order chi connectivity index (χ1) is 6.70. The monoisotopic (exact) mass is 211 g/mol. The largest absolute Gasteiger partial charge is 0.324 e. The fourth-order valence-electron chi connectivity index (χ4n) is 0.969. The van der Waals surface area contributed by atoms with Gasteiger partial charge in [-0.2, -0.15) is 4.98 Å². The Hall–Kier alpha value is -1.53. The van der Waals surface area contributed by atoms with Crippen LogP contribution < -0.4 is 5.73 Å². The maximum atomic E-state index is 11.1. The molecule has 0 unspecified atom stereocenters. The van der Waals surface area contributed by atoms with Crippen LogP contribution in [0.3, 0.4) is 0 Å². The van der Waals surface area contributed by atoms with Gasteiger partial charge < -0.3 is 5.73 Å². The zero-order valence-corrected chi connectivity index (χ0v) is 7.77. The standard InChI is InChI=1S/C7H6ClN5O/c8-4-2-10-7-11-6(5(14)1-9)12-13(7)3-4/h2-3H,1,9H2. The number of hydrogen-bond acceptors (Lipinski definition) is 5. The van der Waals surface area contributed by atoms with Crippen molar-refractivity contribution in [1.82, 2.24) is 19.6 Å². The summed E-state index contributed by atoms with van der Waals surface area (Å²) < 4.78 is 1.34. The molecule has 2 aromatic rings. The fourth-order valence-corrected chi connectivity index (χ4v) is 1.11. The summed E-state index contributed by atoms with van der Waals surface area (Å²) in [5.74, 6) is 0.0556. The molecule has 0 aliphatic heterocycles. The van der Waals surface area contributed by atoms with Crippen LogP contribution in [0.5, 0.6) is 0 Å². The Bertz CT molecular complexity index is 494. The molecule has 0 aliphatic rings. The summed E-state index contributed by atoms with van der Waals surface area (Å²) in [4.78, 5) is 18.9. The van der Waals surface area contributed by atoms with E-state index in [-0.39, 0.29) is 18.2 Å². The topological polar surface area (TPSA) is 86.2 Å². The molecule has 6 nitrogen and oxygen atoms in total. The maximum absolute atomic E-state index is 11.1. The second kappa shape index (κ2) is 3.32. The lowest BCUT2D eigenvalue weighted by Crippen LogP contribution is -2.15. The lowest BCUT2D eigenvalue weighted by atomic mass is 10.4. The minimum absolute atomic E-state index is 0.0577. The predicted octanol–water partition coefficient (Wildman–Crippen LogP) is -0.0809. The van der Waals surface area contributed by atoms with Crippen LogP contribution >= 0.6 is 11.6 Å². The number of nitrogens with zero attached hydrogens (tertiary/aromatic N) is 4. The molecule has 0 saturated heterocycles. The molecule has 2 aromatic heterocycles. The van der Waals surface area contributed by atoms with E-state index in [1.807, 2.05) is 0 Å². The molecule has 2 heterocycles. The Morgan fingerprint density at radius 3 is 3.14 bits per heavy atom. The van der Waals surface area contributed by atoms with Crippen molar-refractivity contribution in [2.45, 2.75) is 0 Å². The first-order valence-electron chi connectivity index (χ1n) is 3.82. The first-order valence-corrected chi connectivity index (χ1v) is 4.19. The molecule has 7 heteroatoms. The van der Waals surface area contributed by atoms with Crippen molar-refractivity contribution in [1.29, 1.82) is 0 Å². The van der Waals surface area contributed by atoms with Crippen LogP contribution in [0.25, 0.3) is 5.78 Å². The van der Waals surface area contributed by atoms with Crippen LogP contribution in [0.2, 0.25) is 5.02 Å². The average molecular weight is 212 g/mol. The first kappa shape index (κ1) is 9.04. The van der Waals surface area contributed by atoms with Gasteiger partial charge in [-0.25, -0.2) is 9.50 Å². The van der Waals surface area contributed by atoms with Gasteiger partial charge in [-0.15, -0.1) is 5.10 Å². The van der Waals surface area contributed by atoms with E-state index in [9.17, 15) is 4.79 Å². The average Bonchev–Trinajstić information content (AvgIpc) is 2.59. The Labute approximate surface area is 83.7 Å². The van der Waals surface area contributed by atoms with Crippen molar-refractivity contribution < 1.29 is 4.79 Å². The van der Waals surface area contributed by atoms with E-state index < -0.39 is 0 Å². The van der Waals surface area contributed by atoms with Crippen LogP contribution in [-0.4, -0.2) is 31.9 Å². The number of hydrogen-bond donors (Lipinski definition) is 1. The van der Waals surface area contributed by atoms with Gasteiger partial charge in [0.25, 0.3) is 5.78 Å². The Morgan fingerprint density at radius 2 is 2.43 bits per heavy atom. The number of fused-ring (bicyclic) bond motifs is 1. The minimum Gasteiger partial charge on any atom is -0.324 e. The van der Waals surface area contributed by atoms with Crippen molar-refractivity contribution in [3.8, 4) is 0 Å². The van der Waals surface area contributed by atoms with Crippen LogP contribution in [0.1, 0.15) is 10.6 Å². The summed E-state index contributed by atoms with van der Waals surface area (Å²) in [6.45, 7) is -0.120. The Morgan fingerprint density at radius 1 is 1.64 bits per heavy atom. The summed E-state index contributed by atoms with van der Waals surface area (Å²) in [6.07, 6.45) is 2.95. The third-order valence-corrected chi connectivity index (χ3v) is 1.79. The number of carbonyl (C=O) groups excluding carboxylic acids is 1. The number of Topliss-reactive ketones (excluding diaryl/α,β-unsaturated/α-hetero) is 1. The number of ketones is 1.